The van der Waals surface area contributed by atoms with Gasteiger partial charge in [-0.1, -0.05) is 91.0 Å². The number of benzene rings is 3. The average Bonchev–Trinajstić information content (AvgIpc) is 3.62. The summed E-state index contributed by atoms with van der Waals surface area (Å²) in [7, 11) is 0. The lowest BCUT2D eigenvalue weighted by Gasteiger charge is -2.25. The van der Waals surface area contributed by atoms with Crippen LogP contribution in [0.25, 0.3) is 0 Å². The Kier molecular flexibility index (Phi) is 9.71. The summed E-state index contributed by atoms with van der Waals surface area (Å²) in [6, 6.07) is 29.9. The lowest BCUT2D eigenvalue weighted by molar-refractivity contribution is -0.0898. The molecule has 0 unspecified atom stereocenters. The van der Waals surface area contributed by atoms with Gasteiger partial charge in [0.1, 0.15) is 30.7 Å². The van der Waals surface area contributed by atoms with Crippen molar-refractivity contribution in [3.63, 3.8) is 0 Å². The van der Waals surface area contributed by atoms with Gasteiger partial charge in [0.25, 0.3) is 0 Å². The molecule has 208 valence electrons. The quantitative estimate of drug-likeness (QED) is 0.227. The van der Waals surface area contributed by atoms with E-state index >= 15 is 0 Å². The van der Waals surface area contributed by atoms with Crippen LogP contribution in [0.1, 0.15) is 35.4 Å². The number of ether oxygens (including phenoxy) is 5. The minimum absolute atomic E-state index is 0.269. The maximum atomic E-state index is 12.3. The molecule has 2 heterocycles. The summed E-state index contributed by atoms with van der Waals surface area (Å²) in [5.74, 6) is 0. The second kappa shape index (κ2) is 14.0. The Balaban J connectivity index is 1.38. The van der Waals surface area contributed by atoms with E-state index in [1.54, 1.807) is 13.1 Å². The molecular weight excluding hydrogens is 508 g/mol. The van der Waals surface area contributed by atoms with Gasteiger partial charge < -0.3 is 23.7 Å². The van der Waals surface area contributed by atoms with Crippen LogP contribution in [-0.2, 0) is 43.5 Å². The minimum atomic E-state index is -0.578. The van der Waals surface area contributed by atoms with Gasteiger partial charge in [-0.15, -0.1) is 0 Å². The highest BCUT2D eigenvalue weighted by Crippen LogP contribution is 2.38. The molecule has 0 spiro atoms. The van der Waals surface area contributed by atoms with Crippen molar-refractivity contribution >= 4 is 6.09 Å². The third-order valence-corrected chi connectivity index (χ3v) is 6.65. The highest BCUT2D eigenvalue weighted by Gasteiger charge is 2.48. The first-order valence-corrected chi connectivity index (χ1v) is 13.5. The highest BCUT2D eigenvalue weighted by molar-refractivity contribution is 5.70. The Morgan fingerprint density at radius 3 is 1.93 bits per heavy atom. The van der Waals surface area contributed by atoms with Gasteiger partial charge in [-0.05, 0) is 23.6 Å². The van der Waals surface area contributed by atoms with E-state index in [9.17, 15) is 4.79 Å². The lowest BCUT2D eigenvalue weighted by atomic mass is 10.1. The molecule has 8 nitrogen and oxygen atoms in total. The summed E-state index contributed by atoms with van der Waals surface area (Å²) in [4.78, 5) is 16.8. The summed E-state index contributed by atoms with van der Waals surface area (Å²) in [6.07, 6.45) is 0.613. The first-order valence-electron chi connectivity index (χ1n) is 13.5. The van der Waals surface area contributed by atoms with Crippen LogP contribution < -0.4 is 0 Å². The van der Waals surface area contributed by atoms with Crippen molar-refractivity contribution in [3.05, 3.63) is 126 Å². The molecule has 1 aliphatic heterocycles. The zero-order valence-corrected chi connectivity index (χ0v) is 22.5. The van der Waals surface area contributed by atoms with Crippen LogP contribution >= 0.6 is 0 Å². The fourth-order valence-corrected chi connectivity index (χ4v) is 4.67. The van der Waals surface area contributed by atoms with Crippen molar-refractivity contribution in [3.8, 4) is 0 Å². The SMILES string of the molecule is CCOC(=O)n1cnc([C@@H]2O[C@H](COCc3ccccc3)[C@@H](OCc3ccccc3)[C@H]2OCc2ccccc2)c1. The monoisotopic (exact) mass is 542 g/mol. The predicted molar refractivity (Wildman–Crippen MR) is 148 cm³/mol. The lowest BCUT2D eigenvalue weighted by Crippen LogP contribution is -2.37. The molecule has 1 aromatic heterocycles. The van der Waals surface area contributed by atoms with Crippen LogP contribution in [0.15, 0.2) is 104 Å². The van der Waals surface area contributed by atoms with Crippen molar-refractivity contribution < 1.29 is 28.5 Å². The number of imidazole rings is 1. The van der Waals surface area contributed by atoms with Gasteiger partial charge in [-0.3, -0.25) is 0 Å². The molecule has 0 amide bonds. The molecule has 0 N–H and O–H groups in total. The van der Waals surface area contributed by atoms with Crippen LogP contribution in [0.3, 0.4) is 0 Å². The van der Waals surface area contributed by atoms with E-state index in [4.69, 9.17) is 23.7 Å². The van der Waals surface area contributed by atoms with Crippen LogP contribution in [0.5, 0.6) is 0 Å². The summed E-state index contributed by atoms with van der Waals surface area (Å²) in [6.45, 7) is 3.54. The normalized spacial score (nSPS) is 20.4. The van der Waals surface area contributed by atoms with E-state index in [1.165, 1.54) is 10.9 Å². The van der Waals surface area contributed by atoms with Crippen LogP contribution in [0.4, 0.5) is 4.79 Å². The molecule has 0 saturated carbocycles. The zero-order chi connectivity index (χ0) is 27.6. The summed E-state index contributed by atoms with van der Waals surface area (Å²) in [5.41, 5.74) is 3.71. The second-order valence-corrected chi connectivity index (χ2v) is 9.52. The maximum Gasteiger partial charge on any atom is 0.419 e. The first-order chi connectivity index (χ1) is 19.7. The predicted octanol–water partition coefficient (Wildman–Crippen LogP) is 5.72. The van der Waals surface area contributed by atoms with Gasteiger partial charge in [0.05, 0.1) is 38.7 Å². The molecule has 3 aromatic carbocycles. The average molecular weight is 543 g/mol. The molecule has 1 aliphatic rings. The molecular formula is C32H34N2O6. The zero-order valence-electron chi connectivity index (χ0n) is 22.5. The molecule has 0 radical (unpaired) electrons. The standard InChI is InChI=1S/C32H34N2O6/c1-2-37-32(35)34-18-27(33-23-34)29-31(39-21-26-16-10-5-11-17-26)30(38-20-25-14-8-4-9-15-25)28(40-29)22-36-19-24-12-6-3-7-13-24/h3-18,23,28-31H,2,19-22H2,1H3/t28-,29+,30-,31+/m1/s1. The van der Waals surface area contributed by atoms with E-state index in [0.717, 1.165) is 16.7 Å². The van der Waals surface area contributed by atoms with E-state index in [0.29, 0.717) is 32.1 Å². The van der Waals surface area contributed by atoms with E-state index in [-0.39, 0.29) is 6.61 Å². The molecule has 4 aromatic rings. The Morgan fingerprint density at radius 2 is 1.35 bits per heavy atom. The molecule has 8 heteroatoms. The molecule has 0 aliphatic carbocycles. The van der Waals surface area contributed by atoms with Gasteiger partial charge >= 0.3 is 6.09 Å². The largest absolute Gasteiger partial charge is 0.449 e. The number of nitrogens with zero attached hydrogens (tertiary/aromatic N) is 2. The topological polar surface area (TPSA) is 81.0 Å². The second-order valence-electron chi connectivity index (χ2n) is 9.52. The highest BCUT2D eigenvalue weighted by atomic mass is 16.6. The van der Waals surface area contributed by atoms with Gasteiger partial charge in [0.15, 0.2) is 0 Å². The van der Waals surface area contributed by atoms with Crippen LogP contribution in [0, 0.1) is 0 Å². The Morgan fingerprint density at radius 1 is 0.800 bits per heavy atom. The van der Waals surface area contributed by atoms with Crippen LogP contribution in [0.2, 0.25) is 0 Å². The maximum absolute atomic E-state index is 12.3. The number of hydrogen-bond acceptors (Lipinski definition) is 7. The van der Waals surface area contributed by atoms with Gasteiger partial charge in [0, 0.05) is 6.20 Å². The van der Waals surface area contributed by atoms with Gasteiger partial charge in [-0.2, -0.15) is 0 Å². The summed E-state index contributed by atoms with van der Waals surface area (Å²) < 4.78 is 32.1. The van der Waals surface area contributed by atoms with Crippen molar-refractivity contribution in [1.82, 2.24) is 9.55 Å². The molecule has 1 saturated heterocycles. The number of carbonyl (C=O) groups is 1. The molecule has 1 fully saturated rings. The van der Waals surface area contributed by atoms with Crippen molar-refractivity contribution in [2.45, 2.75) is 51.2 Å². The Bertz CT molecular complexity index is 1320. The minimum Gasteiger partial charge on any atom is -0.449 e. The Hall–Kier alpha value is -3.82. The van der Waals surface area contributed by atoms with E-state index < -0.39 is 30.5 Å². The third kappa shape index (κ3) is 7.22. The number of aromatic nitrogens is 2. The molecule has 0 bridgehead atoms. The van der Waals surface area contributed by atoms with Gasteiger partial charge in [-0.25, -0.2) is 14.3 Å². The fraction of sp³-hybridized carbons (Fsp3) is 0.312. The smallest absolute Gasteiger partial charge is 0.419 e. The van der Waals surface area contributed by atoms with E-state index in [1.807, 2.05) is 91.0 Å². The molecule has 40 heavy (non-hydrogen) atoms. The third-order valence-electron chi connectivity index (χ3n) is 6.65. The van der Waals surface area contributed by atoms with E-state index in [2.05, 4.69) is 4.98 Å². The molecule has 4 atom stereocenters. The molecule has 5 rings (SSSR count). The van der Waals surface area contributed by atoms with Crippen LogP contribution in [-0.4, -0.2) is 47.2 Å². The fourth-order valence-electron chi connectivity index (χ4n) is 4.67. The van der Waals surface area contributed by atoms with Crippen molar-refractivity contribution in [2.75, 3.05) is 13.2 Å². The number of hydrogen-bond donors (Lipinski definition) is 0. The Labute approximate surface area is 234 Å². The number of rotatable bonds is 12. The number of carbonyl (C=O) groups excluding carboxylic acids is 1. The van der Waals surface area contributed by atoms with Crippen molar-refractivity contribution in [1.29, 1.82) is 0 Å². The van der Waals surface area contributed by atoms with Gasteiger partial charge in [0.2, 0.25) is 0 Å². The summed E-state index contributed by atoms with van der Waals surface area (Å²) in [5, 5.41) is 0. The van der Waals surface area contributed by atoms with Crippen molar-refractivity contribution in [2.24, 2.45) is 0 Å². The first kappa shape index (κ1) is 27.7. The summed E-state index contributed by atoms with van der Waals surface area (Å²) >= 11 is 0.